The molecule has 0 saturated carbocycles. The normalized spacial score (nSPS) is 22.1. The van der Waals surface area contributed by atoms with Crippen LogP contribution in [-0.2, 0) is 24.3 Å². The van der Waals surface area contributed by atoms with Gasteiger partial charge in [0, 0.05) is 6.54 Å². The SMILES string of the molecule is COC(=O)CS(=O)(=O)N1CCCCC1C(C)=O. The van der Waals surface area contributed by atoms with E-state index in [-0.39, 0.29) is 5.78 Å². The number of esters is 1. The van der Waals surface area contributed by atoms with Crippen LogP contribution in [-0.4, -0.2) is 49.9 Å². The summed E-state index contributed by atoms with van der Waals surface area (Å²) in [7, 11) is -2.62. The van der Waals surface area contributed by atoms with Crippen LogP contribution in [0.25, 0.3) is 0 Å². The molecule has 0 aliphatic carbocycles. The van der Waals surface area contributed by atoms with Gasteiger partial charge >= 0.3 is 5.97 Å². The number of methoxy groups -OCH3 is 1. The summed E-state index contributed by atoms with van der Waals surface area (Å²) in [6.45, 7) is 1.67. The third-order valence-corrected chi connectivity index (χ3v) is 4.56. The van der Waals surface area contributed by atoms with Crippen LogP contribution in [0.2, 0.25) is 0 Å². The first-order chi connectivity index (χ1) is 7.88. The molecule has 0 amide bonds. The van der Waals surface area contributed by atoms with Crippen LogP contribution in [0.15, 0.2) is 0 Å². The second-order valence-electron chi connectivity index (χ2n) is 4.07. The van der Waals surface area contributed by atoms with Crippen molar-refractivity contribution < 1.29 is 22.7 Å². The van der Waals surface area contributed by atoms with Crippen molar-refractivity contribution >= 4 is 21.8 Å². The third kappa shape index (κ3) is 3.50. The molecule has 6 nitrogen and oxygen atoms in total. The van der Waals surface area contributed by atoms with Gasteiger partial charge in [0.2, 0.25) is 10.0 Å². The van der Waals surface area contributed by atoms with Crippen molar-refractivity contribution in [3.8, 4) is 0 Å². The molecule has 0 aromatic carbocycles. The maximum atomic E-state index is 11.9. The molecule has 7 heteroatoms. The van der Waals surface area contributed by atoms with E-state index in [1.807, 2.05) is 0 Å². The van der Waals surface area contributed by atoms with E-state index >= 15 is 0 Å². The van der Waals surface area contributed by atoms with E-state index in [1.165, 1.54) is 6.92 Å². The number of hydrogen-bond donors (Lipinski definition) is 0. The Labute approximate surface area is 101 Å². The van der Waals surface area contributed by atoms with Gasteiger partial charge in [-0.2, -0.15) is 4.31 Å². The minimum Gasteiger partial charge on any atom is -0.468 e. The second kappa shape index (κ2) is 5.59. The Balaban J connectivity index is 2.87. The summed E-state index contributed by atoms with van der Waals surface area (Å²) in [5.74, 6) is -1.69. The maximum Gasteiger partial charge on any atom is 0.322 e. The van der Waals surface area contributed by atoms with Crippen LogP contribution in [0.3, 0.4) is 0 Å². The summed E-state index contributed by atoms with van der Waals surface area (Å²) >= 11 is 0. The van der Waals surface area contributed by atoms with Crippen molar-refractivity contribution in [3.05, 3.63) is 0 Å². The van der Waals surface area contributed by atoms with Gasteiger partial charge in [-0.25, -0.2) is 8.42 Å². The standard InChI is InChI=1S/C10H17NO5S/c1-8(12)9-5-3-4-6-11(9)17(14,15)7-10(13)16-2/h9H,3-7H2,1-2H3. The highest BCUT2D eigenvalue weighted by Gasteiger charge is 2.36. The number of carbonyl (C=O) groups is 2. The smallest absolute Gasteiger partial charge is 0.322 e. The molecular weight excluding hydrogens is 246 g/mol. The zero-order valence-corrected chi connectivity index (χ0v) is 10.8. The molecule has 0 bridgehead atoms. The third-order valence-electron chi connectivity index (χ3n) is 2.81. The molecule has 17 heavy (non-hydrogen) atoms. The van der Waals surface area contributed by atoms with Crippen LogP contribution in [0.1, 0.15) is 26.2 Å². The van der Waals surface area contributed by atoms with Crippen molar-refractivity contribution in [1.29, 1.82) is 0 Å². The monoisotopic (exact) mass is 263 g/mol. The van der Waals surface area contributed by atoms with Gasteiger partial charge < -0.3 is 4.74 Å². The largest absolute Gasteiger partial charge is 0.468 e. The van der Waals surface area contributed by atoms with E-state index in [9.17, 15) is 18.0 Å². The molecule has 1 aliphatic rings. The fraction of sp³-hybridized carbons (Fsp3) is 0.800. The molecule has 0 aromatic heterocycles. The lowest BCUT2D eigenvalue weighted by Gasteiger charge is -2.32. The fourth-order valence-corrected chi connectivity index (χ4v) is 3.57. The number of carbonyl (C=O) groups excluding carboxylic acids is 2. The zero-order valence-electron chi connectivity index (χ0n) is 10.0. The van der Waals surface area contributed by atoms with Crippen LogP contribution in [0, 0.1) is 0 Å². The van der Waals surface area contributed by atoms with Gasteiger partial charge in [-0.3, -0.25) is 9.59 Å². The van der Waals surface area contributed by atoms with Crippen molar-refractivity contribution in [2.75, 3.05) is 19.4 Å². The summed E-state index contributed by atoms with van der Waals surface area (Å²) in [5.41, 5.74) is 0. The number of ether oxygens (including phenoxy) is 1. The van der Waals surface area contributed by atoms with Crippen LogP contribution < -0.4 is 0 Å². The first-order valence-electron chi connectivity index (χ1n) is 5.45. The van der Waals surface area contributed by atoms with E-state index in [1.54, 1.807) is 0 Å². The average molecular weight is 263 g/mol. The quantitative estimate of drug-likeness (QED) is 0.663. The Kier molecular flexibility index (Phi) is 4.64. The molecule has 0 spiro atoms. The maximum absolute atomic E-state index is 11.9. The van der Waals surface area contributed by atoms with Gasteiger partial charge in [0.25, 0.3) is 0 Å². The predicted molar refractivity (Wildman–Crippen MR) is 60.8 cm³/mol. The van der Waals surface area contributed by atoms with Gasteiger partial charge in [-0.1, -0.05) is 6.42 Å². The minimum atomic E-state index is -3.75. The summed E-state index contributed by atoms with van der Waals surface area (Å²) in [6, 6.07) is -0.626. The lowest BCUT2D eigenvalue weighted by molar-refractivity contribution is -0.137. The molecular formula is C10H17NO5S. The van der Waals surface area contributed by atoms with E-state index in [4.69, 9.17) is 0 Å². The van der Waals surface area contributed by atoms with E-state index in [0.29, 0.717) is 19.4 Å². The molecule has 1 saturated heterocycles. The van der Waals surface area contributed by atoms with Crippen molar-refractivity contribution in [1.82, 2.24) is 4.31 Å². The Morgan fingerprint density at radius 2 is 2.00 bits per heavy atom. The van der Waals surface area contributed by atoms with Crippen LogP contribution in [0.4, 0.5) is 0 Å². The van der Waals surface area contributed by atoms with E-state index in [0.717, 1.165) is 17.8 Å². The molecule has 98 valence electrons. The van der Waals surface area contributed by atoms with E-state index < -0.39 is 27.8 Å². The van der Waals surface area contributed by atoms with Crippen LogP contribution in [0.5, 0.6) is 0 Å². The Morgan fingerprint density at radius 1 is 1.35 bits per heavy atom. The molecule has 1 rings (SSSR count). The number of Topliss-reactive ketones (excluding diaryl/α,β-unsaturated/α-hetero) is 1. The molecule has 1 fully saturated rings. The molecule has 1 atom stereocenters. The molecule has 0 radical (unpaired) electrons. The molecule has 1 unspecified atom stereocenters. The van der Waals surface area contributed by atoms with Crippen molar-refractivity contribution in [3.63, 3.8) is 0 Å². The number of piperidine rings is 1. The fourth-order valence-electron chi connectivity index (χ4n) is 1.93. The number of sulfonamides is 1. The lowest BCUT2D eigenvalue weighted by Crippen LogP contribution is -2.48. The number of rotatable bonds is 4. The van der Waals surface area contributed by atoms with Gasteiger partial charge in [-0.15, -0.1) is 0 Å². The highest BCUT2D eigenvalue weighted by Crippen LogP contribution is 2.21. The van der Waals surface area contributed by atoms with Gasteiger partial charge in [0.1, 0.15) is 5.78 Å². The highest BCUT2D eigenvalue weighted by atomic mass is 32.2. The summed E-state index contributed by atoms with van der Waals surface area (Å²) in [4.78, 5) is 22.4. The highest BCUT2D eigenvalue weighted by molar-refractivity contribution is 7.89. The van der Waals surface area contributed by atoms with Gasteiger partial charge in [0.05, 0.1) is 13.2 Å². The zero-order chi connectivity index (χ0) is 13.1. The molecule has 0 aromatic rings. The molecule has 1 heterocycles. The number of nitrogens with zero attached hydrogens (tertiary/aromatic N) is 1. The Bertz CT molecular complexity index is 403. The molecule has 1 aliphatic heterocycles. The lowest BCUT2D eigenvalue weighted by atomic mass is 10.0. The van der Waals surface area contributed by atoms with Crippen molar-refractivity contribution in [2.45, 2.75) is 32.2 Å². The van der Waals surface area contributed by atoms with E-state index in [2.05, 4.69) is 4.74 Å². The summed E-state index contributed by atoms with van der Waals surface area (Å²) < 4.78 is 29.4. The Morgan fingerprint density at radius 3 is 2.53 bits per heavy atom. The Hall–Kier alpha value is -0.950. The minimum absolute atomic E-state index is 0.182. The average Bonchev–Trinajstić information content (AvgIpc) is 2.28. The van der Waals surface area contributed by atoms with Crippen LogP contribution >= 0.6 is 0 Å². The summed E-state index contributed by atoms with van der Waals surface area (Å²) in [6.07, 6.45) is 2.06. The predicted octanol–water partition coefficient (Wildman–Crippen LogP) is -0.0673. The second-order valence-corrected chi connectivity index (χ2v) is 5.99. The number of hydrogen-bond acceptors (Lipinski definition) is 5. The first kappa shape index (κ1) is 14.1. The number of ketones is 1. The first-order valence-corrected chi connectivity index (χ1v) is 7.06. The van der Waals surface area contributed by atoms with Crippen molar-refractivity contribution in [2.24, 2.45) is 0 Å². The van der Waals surface area contributed by atoms with Gasteiger partial charge in [-0.05, 0) is 19.8 Å². The molecule has 0 N–H and O–H groups in total. The summed E-state index contributed by atoms with van der Waals surface area (Å²) in [5, 5.41) is 0. The topological polar surface area (TPSA) is 80.8 Å². The van der Waals surface area contributed by atoms with Gasteiger partial charge in [0.15, 0.2) is 5.75 Å².